The fraction of sp³-hybridized carbons (Fsp3) is 0.765. The van der Waals surface area contributed by atoms with E-state index in [9.17, 15) is 9.59 Å². The first-order valence-corrected chi connectivity index (χ1v) is 9.07. The highest BCUT2D eigenvalue weighted by molar-refractivity contribution is 5.96. The molecule has 0 radical (unpaired) electrons. The number of aromatic nitrogens is 3. The number of carbonyl (C=O) groups excluding carboxylic acids is 2. The number of amides is 1. The molecular weight excluding hydrogens is 322 g/mol. The molecule has 0 atom stereocenters. The molecule has 1 aliphatic carbocycles. The number of nitrogens with zero attached hydrogens (tertiary/aromatic N) is 3. The number of methoxy groups -OCH3 is 1. The number of ether oxygens (including phenoxy) is 1. The maximum Gasteiger partial charge on any atom is 0.331 e. The zero-order valence-corrected chi connectivity index (χ0v) is 15.0. The number of rotatable bonds is 4. The molecule has 8 nitrogen and oxygen atoms in total. The molecule has 0 bridgehead atoms. The Morgan fingerprint density at radius 3 is 2.60 bits per heavy atom. The van der Waals surface area contributed by atoms with Gasteiger partial charge in [0.25, 0.3) is 5.91 Å². The molecule has 1 aromatic heterocycles. The van der Waals surface area contributed by atoms with Crippen LogP contribution in [0.1, 0.15) is 62.0 Å². The largest absolute Gasteiger partial charge is 0.467 e. The molecule has 1 aliphatic heterocycles. The number of esters is 1. The van der Waals surface area contributed by atoms with Crippen LogP contribution in [0.3, 0.4) is 0 Å². The number of nitrogens with one attached hydrogen (secondary N) is 2. The lowest BCUT2D eigenvalue weighted by Crippen LogP contribution is -2.56. The third kappa shape index (κ3) is 3.84. The van der Waals surface area contributed by atoms with Gasteiger partial charge in [0.05, 0.1) is 19.3 Å². The normalized spacial score (nSPS) is 27.7. The van der Waals surface area contributed by atoms with Crippen LogP contribution in [0, 0.1) is 5.92 Å². The monoisotopic (exact) mass is 349 g/mol. The fourth-order valence-corrected chi connectivity index (χ4v) is 3.74. The number of hydrogen-bond donors (Lipinski definition) is 2. The molecule has 2 aliphatic rings. The van der Waals surface area contributed by atoms with Crippen molar-refractivity contribution in [3.63, 3.8) is 0 Å². The average molecular weight is 349 g/mol. The maximum absolute atomic E-state index is 12.7. The Morgan fingerprint density at radius 2 is 1.96 bits per heavy atom. The van der Waals surface area contributed by atoms with Gasteiger partial charge >= 0.3 is 5.97 Å². The fourth-order valence-electron chi connectivity index (χ4n) is 3.74. The summed E-state index contributed by atoms with van der Waals surface area (Å²) in [5.74, 6) is -0.186. The molecule has 3 rings (SSSR count). The minimum absolute atomic E-state index is 0.250. The van der Waals surface area contributed by atoms with Crippen LogP contribution in [0.25, 0.3) is 0 Å². The summed E-state index contributed by atoms with van der Waals surface area (Å²) in [5.41, 5.74) is -0.697. The van der Waals surface area contributed by atoms with E-state index in [1.807, 2.05) is 0 Å². The third-order valence-corrected chi connectivity index (χ3v) is 5.48. The van der Waals surface area contributed by atoms with Crippen LogP contribution in [0.15, 0.2) is 6.20 Å². The SMILES string of the molecule is COC(=O)C1(NC(=O)c2cn(C3CCNCC3)nn2)CCC(C)CC1. The highest BCUT2D eigenvalue weighted by Gasteiger charge is 2.44. The molecule has 2 heterocycles. The molecule has 0 aromatic carbocycles. The van der Waals surface area contributed by atoms with Crippen LogP contribution < -0.4 is 10.6 Å². The van der Waals surface area contributed by atoms with E-state index < -0.39 is 5.54 Å². The Labute approximate surface area is 147 Å². The van der Waals surface area contributed by atoms with Crippen molar-refractivity contribution in [3.8, 4) is 0 Å². The Balaban J connectivity index is 1.71. The van der Waals surface area contributed by atoms with Crippen molar-refractivity contribution in [2.45, 2.75) is 57.0 Å². The Bertz CT molecular complexity index is 616. The predicted molar refractivity (Wildman–Crippen MR) is 91.0 cm³/mol. The van der Waals surface area contributed by atoms with Gasteiger partial charge in [-0.3, -0.25) is 4.79 Å². The summed E-state index contributed by atoms with van der Waals surface area (Å²) in [6, 6.07) is 0.264. The second-order valence-corrected chi connectivity index (χ2v) is 7.28. The van der Waals surface area contributed by atoms with Crippen LogP contribution in [0.5, 0.6) is 0 Å². The van der Waals surface area contributed by atoms with Gasteiger partial charge in [-0.25, -0.2) is 9.48 Å². The Kier molecular flexibility index (Phi) is 5.36. The molecule has 25 heavy (non-hydrogen) atoms. The molecule has 8 heteroatoms. The lowest BCUT2D eigenvalue weighted by Gasteiger charge is -2.37. The number of carbonyl (C=O) groups is 2. The summed E-state index contributed by atoms with van der Waals surface area (Å²) in [4.78, 5) is 25.0. The first kappa shape index (κ1) is 17.8. The number of hydrogen-bond acceptors (Lipinski definition) is 6. The van der Waals surface area contributed by atoms with Gasteiger partial charge in [-0.1, -0.05) is 12.1 Å². The zero-order chi connectivity index (χ0) is 17.9. The summed E-state index contributed by atoms with van der Waals surface area (Å²) >= 11 is 0. The average Bonchev–Trinajstić information content (AvgIpc) is 3.14. The van der Waals surface area contributed by atoms with Crippen molar-refractivity contribution in [2.24, 2.45) is 5.92 Å². The van der Waals surface area contributed by atoms with E-state index in [0.717, 1.165) is 38.8 Å². The van der Waals surface area contributed by atoms with Crippen LogP contribution in [0.4, 0.5) is 0 Å². The van der Waals surface area contributed by atoms with Gasteiger partial charge in [-0.15, -0.1) is 5.10 Å². The van der Waals surface area contributed by atoms with E-state index >= 15 is 0 Å². The summed E-state index contributed by atoms with van der Waals surface area (Å²) < 4.78 is 6.73. The van der Waals surface area contributed by atoms with Crippen molar-refractivity contribution in [3.05, 3.63) is 11.9 Å². The van der Waals surface area contributed by atoms with Crippen molar-refractivity contribution < 1.29 is 14.3 Å². The van der Waals surface area contributed by atoms with Gasteiger partial charge in [0, 0.05) is 0 Å². The van der Waals surface area contributed by atoms with Gasteiger partial charge in [-0.2, -0.15) is 0 Å². The minimum atomic E-state index is -0.948. The lowest BCUT2D eigenvalue weighted by molar-refractivity contribution is -0.150. The maximum atomic E-state index is 12.7. The molecule has 138 valence electrons. The van der Waals surface area contributed by atoms with E-state index in [2.05, 4.69) is 27.9 Å². The quantitative estimate of drug-likeness (QED) is 0.789. The van der Waals surface area contributed by atoms with E-state index in [0.29, 0.717) is 18.8 Å². The van der Waals surface area contributed by atoms with Gasteiger partial charge in [0.2, 0.25) is 0 Å². The molecule has 0 unspecified atom stereocenters. The Morgan fingerprint density at radius 1 is 1.28 bits per heavy atom. The molecule has 2 fully saturated rings. The topological polar surface area (TPSA) is 98.1 Å². The van der Waals surface area contributed by atoms with Gasteiger partial charge in [0.1, 0.15) is 5.54 Å². The van der Waals surface area contributed by atoms with Crippen molar-refractivity contribution in [1.82, 2.24) is 25.6 Å². The molecular formula is C17H27N5O3. The van der Waals surface area contributed by atoms with Crippen LogP contribution in [0.2, 0.25) is 0 Å². The molecule has 0 spiro atoms. The number of piperidine rings is 1. The van der Waals surface area contributed by atoms with E-state index in [-0.39, 0.29) is 23.6 Å². The van der Waals surface area contributed by atoms with E-state index in [4.69, 9.17) is 4.74 Å². The van der Waals surface area contributed by atoms with Crippen LogP contribution in [-0.2, 0) is 9.53 Å². The standard InChI is InChI=1S/C17H27N5O3/c1-12-3-7-17(8-4-12,16(24)25-2)19-15(23)14-11-22(21-20-14)13-5-9-18-10-6-13/h11-13,18H,3-10H2,1-2H3,(H,19,23). The summed E-state index contributed by atoms with van der Waals surface area (Å²) in [6.07, 6.45) is 6.57. The van der Waals surface area contributed by atoms with Crippen LogP contribution in [-0.4, -0.2) is 52.6 Å². The zero-order valence-electron chi connectivity index (χ0n) is 15.0. The molecule has 1 saturated heterocycles. The molecule has 2 N–H and O–H groups in total. The smallest absolute Gasteiger partial charge is 0.331 e. The van der Waals surface area contributed by atoms with E-state index in [1.165, 1.54) is 7.11 Å². The van der Waals surface area contributed by atoms with Gasteiger partial charge < -0.3 is 15.4 Å². The lowest BCUT2D eigenvalue weighted by atomic mass is 9.77. The minimum Gasteiger partial charge on any atom is -0.467 e. The second-order valence-electron chi connectivity index (χ2n) is 7.28. The van der Waals surface area contributed by atoms with Gasteiger partial charge in [0.15, 0.2) is 5.69 Å². The summed E-state index contributed by atoms with van der Waals surface area (Å²) in [5, 5.41) is 14.3. The highest BCUT2D eigenvalue weighted by atomic mass is 16.5. The molecule has 1 aromatic rings. The summed E-state index contributed by atoms with van der Waals surface area (Å²) in [7, 11) is 1.36. The van der Waals surface area contributed by atoms with Crippen molar-refractivity contribution in [1.29, 1.82) is 0 Å². The summed E-state index contributed by atoms with van der Waals surface area (Å²) in [6.45, 7) is 4.04. The molecule has 1 amide bonds. The van der Waals surface area contributed by atoms with Crippen LogP contribution >= 0.6 is 0 Å². The first-order valence-electron chi connectivity index (χ1n) is 9.07. The molecule has 1 saturated carbocycles. The highest BCUT2D eigenvalue weighted by Crippen LogP contribution is 2.33. The van der Waals surface area contributed by atoms with Crippen molar-refractivity contribution >= 4 is 11.9 Å². The second kappa shape index (κ2) is 7.51. The van der Waals surface area contributed by atoms with E-state index in [1.54, 1.807) is 10.9 Å². The first-order chi connectivity index (χ1) is 12.0. The van der Waals surface area contributed by atoms with Gasteiger partial charge in [-0.05, 0) is 57.5 Å². The third-order valence-electron chi connectivity index (χ3n) is 5.48. The van der Waals surface area contributed by atoms with Crippen molar-refractivity contribution in [2.75, 3.05) is 20.2 Å². The predicted octanol–water partition coefficient (Wildman–Crippen LogP) is 1.05. The Hall–Kier alpha value is -1.96.